The fraction of sp³-hybridized carbons (Fsp3) is 0.400. The van der Waals surface area contributed by atoms with Crippen LogP contribution in [0.25, 0.3) is 0 Å². The van der Waals surface area contributed by atoms with Crippen molar-refractivity contribution in [3.8, 4) is 11.5 Å². The first kappa shape index (κ1) is 26.4. The van der Waals surface area contributed by atoms with Gasteiger partial charge in [-0.1, -0.05) is 86.3 Å². The Kier molecular flexibility index (Phi) is 11.1. The summed E-state index contributed by atoms with van der Waals surface area (Å²) in [6, 6.07) is 21.2. The Morgan fingerprint density at radius 3 is 1.24 bits per heavy atom. The molecule has 0 amide bonds. The lowest BCUT2D eigenvalue weighted by atomic mass is 10.00. The van der Waals surface area contributed by atoms with Crippen LogP contribution in [0.2, 0.25) is 10.0 Å². The Hall–Kier alpha value is -2.16. The highest BCUT2D eigenvalue weighted by Gasteiger charge is 2.06. The third kappa shape index (κ3) is 8.56. The molecule has 0 unspecified atom stereocenters. The van der Waals surface area contributed by atoms with Crippen molar-refractivity contribution in [2.45, 2.75) is 65.2 Å². The number of hydrogen-bond acceptors (Lipinski definition) is 2. The van der Waals surface area contributed by atoms with E-state index in [1.165, 1.54) is 22.3 Å². The quantitative estimate of drug-likeness (QED) is 0.206. The predicted molar refractivity (Wildman–Crippen MR) is 145 cm³/mol. The molecule has 3 rings (SSSR count). The molecule has 2 nitrogen and oxygen atoms in total. The van der Waals surface area contributed by atoms with Crippen molar-refractivity contribution in [2.75, 3.05) is 13.2 Å². The fourth-order valence-electron chi connectivity index (χ4n) is 3.74. The summed E-state index contributed by atoms with van der Waals surface area (Å²) in [7, 11) is 0. The van der Waals surface area contributed by atoms with E-state index >= 15 is 0 Å². The van der Waals surface area contributed by atoms with Gasteiger partial charge in [0, 0.05) is 0 Å². The summed E-state index contributed by atoms with van der Waals surface area (Å²) in [6.45, 7) is 5.74. The lowest BCUT2D eigenvalue weighted by molar-refractivity contribution is 0.309. The first-order valence-corrected chi connectivity index (χ1v) is 13.2. The Morgan fingerprint density at radius 1 is 0.529 bits per heavy atom. The zero-order valence-electron chi connectivity index (χ0n) is 20.4. The van der Waals surface area contributed by atoms with Crippen LogP contribution in [0.1, 0.15) is 61.8 Å². The average molecular weight is 500 g/mol. The van der Waals surface area contributed by atoms with Crippen LogP contribution in [0.5, 0.6) is 11.5 Å². The second-order valence-corrected chi connectivity index (χ2v) is 9.56. The molecule has 4 heteroatoms. The third-order valence-corrected chi connectivity index (χ3v) is 6.52. The van der Waals surface area contributed by atoms with E-state index in [1.54, 1.807) is 0 Å². The number of benzene rings is 3. The molecular weight excluding hydrogens is 463 g/mol. The van der Waals surface area contributed by atoms with Gasteiger partial charge in [-0.2, -0.15) is 0 Å². The molecule has 0 saturated carbocycles. The number of aryl methyl sites for hydroxylation is 4. The molecule has 34 heavy (non-hydrogen) atoms. The van der Waals surface area contributed by atoms with Crippen LogP contribution in [-0.4, -0.2) is 13.2 Å². The number of unbranched alkanes of at least 4 members (excludes halogenated alkanes) is 2. The molecule has 3 aromatic carbocycles. The first-order chi connectivity index (χ1) is 16.6. The van der Waals surface area contributed by atoms with Crippen molar-refractivity contribution in [3.05, 3.63) is 93.0 Å². The van der Waals surface area contributed by atoms with Gasteiger partial charge in [0.15, 0.2) is 0 Å². The Labute approximate surface area is 215 Å². The summed E-state index contributed by atoms with van der Waals surface area (Å²) in [4.78, 5) is 0. The molecule has 0 N–H and O–H groups in total. The highest BCUT2D eigenvalue weighted by Crippen LogP contribution is 2.27. The van der Waals surface area contributed by atoms with E-state index in [2.05, 4.69) is 50.2 Å². The van der Waals surface area contributed by atoms with Crippen LogP contribution in [0.15, 0.2) is 60.7 Å². The Balaban J connectivity index is 1.46. The maximum Gasteiger partial charge on any atom is 0.137 e. The first-order valence-electron chi connectivity index (χ1n) is 12.5. The average Bonchev–Trinajstić information content (AvgIpc) is 2.85. The molecule has 0 spiro atoms. The maximum atomic E-state index is 6.40. The van der Waals surface area contributed by atoms with Crippen molar-refractivity contribution in [3.63, 3.8) is 0 Å². The van der Waals surface area contributed by atoms with Crippen LogP contribution in [0.3, 0.4) is 0 Å². The van der Waals surface area contributed by atoms with E-state index in [9.17, 15) is 0 Å². The molecule has 182 valence electrons. The summed E-state index contributed by atoms with van der Waals surface area (Å²) in [5.41, 5.74) is 5.13. The molecule has 0 aliphatic carbocycles. The van der Waals surface area contributed by atoms with Crippen LogP contribution in [-0.2, 0) is 25.7 Å². The topological polar surface area (TPSA) is 18.5 Å². The summed E-state index contributed by atoms with van der Waals surface area (Å²) in [6.07, 6.45) is 8.21. The molecule has 0 atom stereocenters. The molecular formula is C30H36Cl2O2. The van der Waals surface area contributed by atoms with E-state index in [0.29, 0.717) is 23.3 Å². The third-order valence-electron chi connectivity index (χ3n) is 5.93. The van der Waals surface area contributed by atoms with Gasteiger partial charge in [-0.25, -0.2) is 0 Å². The minimum atomic E-state index is 0.699. The zero-order chi connectivity index (χ0) is 24.2. The summed E-state index contributed by atoms with van der Waals surface area (Å²) in [5.74, 6) is 1.56. The van der Waals surface area contributed by atoms with E-state index in [-0.39, 0.29) is 0 Å². The lowest BCUT2D eigenvalue weighted by Crippen LogP contribution is -1.98. The Bertz CT molecular complexity index is 932. The van der Waals surface area contributed by atoms with Crippen LogP contribution in [0.4, 0.5) is 0 Å². The van der Waals surface area contributed by atoms with E-state index in [4.69, 9.17) is 32.7 Å². The fourth-order valence-corrected chi connectivity index (χ4v) is 4.25. The van der Waals surface area contributed by atoms with Gasteiger partial charge in [0.05, 0.1) is 23.3 Å². The largest absolute Gasteiger partial charge is 0.492 e. The molecule has 0 saturated heterocycles. The van der Waals surface area contributed by atoms with Crippen LogP contribution >= 0.6 is 23.2 Å². The van der Waals surface area contributed by atoms with Crippen LogP contribution in [0, 0.1) is 0 Å². The predicted octanol–water partition coefficient (Wildman–Crippen LogP) is 8.92. The SMILES string of the molecule is CCCCOc1ccc(CCc2ccc(CCc3ccc(OCCCC)c(Cl)c3)cc2)cc1Cl. The molecule has 0 aromatic heterocycles. The number of hydrogen-bond donors (Lipinski definition) is 0. The van der Waals surface area contributed by atoms with Crippen molar-refractivity contribution < 1.29 is 9.47 Å². The highest BCUT2D eigenvalue weighted by molar-refractivity contribution is 6.32. The molecule has 0 radical (unpaired) electrons. The van der Waals surface area contributed by atoms with E-state index < -0.39 is 0 Å². The van der Waals surface area contributed by atoms with Crippen molar-refractivity contribution in [1.82, 2.24) is 0 Å². The van der Waals surface area contributed by atoms with Gasteiger partial charge in [0.25, 0.3) is 0 Å². The zero-order valence-corrected chi connectivity index (χ0v) is 21.9. The normalized spacial score (nSPS) is 10.9. The molecule has 0 fully saturated rings. The number of rotatable bonds is 14. The summed E-state index contributed by atoms with van der Waals surface area (Å²) < 4.78 is 11.5. The smallest absolute Gasteiger partial charge is 0.137 e. The lowest BCUT2D eigenvalue weighted by Gasteiger charge is -2.10. The van der Waals surface area contributed by atoms with Gasteiger partial charge in [-0.15, -0.1) is 0 Å². The molecule has 0 aliphatic heterocycles. The van der Waals surface area contributed by atoms with E-state index in [0.717, 1.165) is 62.9 Å². The van der Waals surface area contributed by atoms with Gasteiger partial charge >= 0.3 is 0 Å². The number of ether oxygens (including phenoxy) is 2. The van der Waals surface area contributed by atoms with Gasteiger partial charge in [-0.3, -0.25) is 0 Å². The molecule has 0 aliphatic rings. The van der Waals surface area contributed by atoms with Gasteiger partial charge in [0.2, 0.25) is 0 Å². The standard InChI is InChI=1S/C30H36Cl2O2/c1-3-5-19-33-29-17-15-25(21-27(29)31)13-11-23-7-9-24(10-8-23)12-14-26-16-18-30(28(32)22-26)34-20-6-4-2/h7-10,15-18,21-22H,3-6,11-14,19-20H2,1-2H3. The molecule has 3 aromatic rings. The van der Waals surface area contributed by atoms with Gasteiger partial charge in [0.1, 0.15) is 11.5 Å². The van der Waals surface area contributed by atoms with Crippen LogP contribution < -0.4 is 9.47 Å². The van der Waals surface area contributed by atoms with Crippen molar-refractivity contribution in [1.29, 1.82) is 0 Å². The summed E-state index contributed by atoms with van der Waals surface area (Å²) in [5, 5.41) is 1.40. The molecule has 0 heterocycles. The second kappa shape index (κ2) is 14.3. The summed E-state index contributed by atoms with van der Waals surface area (Å²) >= 11 is 12.8. The van der Waals surface area contributed by atoms with Gasteiger partial charge in [-0.05, 0) is 85.0 Å². The second-order valence-electron chi connectivity index (χ2n) is 8.75. The van der Waals surface area contributed by atoms with Crippen molar-refractivity contribution in [2.24, 2.45) is 0 Å². The van der Waals surface area contributed by atoms with E-state index in [1.807, 2.05) is 24.3 Å². The monoisotopic (exact) mass is 498 g/mol. The number of halogens is 2. The highest BCUT2D eigenvalue weighted by atomic mass is 35.5. The Morgan fingerprint density at radius 2 is 0.882 bits per heavy atom. The maximum absolute atomic E-state index is 6.40. The minimum Gasteiger partial charge on any atom is -0.492 e. The molecule has 0 bridgehead atoms. The van der Waals surface area contributed by atoms with Crippen molar-refractivity contribution >= 4 is 23.2 Å². The minimum absolute atomic E-state index is 0.699. The van der Waals surface area contributed by atoms with Gasteiger partial charge < -0.3 is 9.47 Å².